The summed E-state index contributed by atoms with van der Waals surface area (Å²) in [5, 5.41) is 7.65. The van der Waals surface area contributed by atoms with E-state index in [1.54, 1.807) is 0 Å². The van der Waals surface area contributed by atoms with Crippen molar-refractivity contribution >= 4 is 0 Å². The molecule has 0 radical (unpaired) electrons. The summed E-state index contributed by atoms with van der Waals surface area (Å²) >= 11 is 0. The highest BCUT2D eigenvalue weighted by Gasteiger charge is 2.08. The Hall–Kier alpha value is -0.870. The third-order valence-electron chi connectivity index (χ3n) is 2.14. The van der Waals surface area contributed by atoms with Crippen LogP contribution < -0.4 is 5.32 Å². The van der Waals surface area contributed by atoms with Gasteiger partial charge in [-0.2, -0.15) is 5.10 Å². The fourth-order valence-electron chi connectivity index (χ4n) is 1.37. The zero-order valence-electron chi connectivity index (χ0n) is 10.8. The van der Waals surface area contributed by atoms with Gasteiger partial charge in [0.05, 0.1) is 17.9 Å². The Morgan fingerprint density at radius 1 is 1.38 bits per heavy atom. The van der Waals surface area contributed by atoms with E-state index in [1.165, 1.54) is 0 Å². The van der Waals surface area contributed by atoms with Gasteiger partial charge in [0.25, 0.3) is 0 Å². The van der Waals surface area contributed by atoms with E-state index in [-0.39, 0.29) is 5.60 Å². The van der Waals surface area contributed by atoms with Gasteiger partial charge < -0.3 is 10.1 Å². The molecule has 1 aromatic heterocycles. The van der Waals surface area contributed by atoms with E-state index < -0.39 is 0 Å². The molecule has 1 N–H and O–H groups in total. The number of hydrogen-bond donors (Lipinski definition) is 1. The molecule has 0 fully saturated rings. The molecule has 0 aromatic carbocycles. The van der Waals surface area contributed by atoms with E-state index >= 15 is 0 Å². The number of aromatic nitrogens is 2. The highest BCUT2D eigenvalue weighted by atomic mass is 16.5. The molecule has 0 aliphatic rings. The van der Waals surface area contributed by atoms with E-state index in [9.17, 15) is 0 Å². The normalized spacial score (nSPS) is 12.0. The van der Waals surface area contributed by atoms with Gasteiger partial charge in [0.1, 0.15) is 0 Å². The molecule has 1 rings (SSSR count). The molecule has 0 aliphatic heterocycles. The van der Waals surface area contributed by atoms with Crippen molar-refractivity contribution in [3.05, 3.63) is 18.0 Å². The third-order valence-corrected chi connectivity index (χ3v) is 2.14. The summed E-state index contributed by atoms with van der Waals surface area (Å²) in [6.45, 7) is 8.81. The molecule has 4 heteroatoms. The second-order valence-corrected chi connectivity index (χ2v) is 4.94. The smallest absolute Gasteiger partial charge is 0.0637 e. The highest BCUT2D eigenvalue weighted by Crippen LogP contribution is 2.04. The van der Waals surface area contributed by atoms with Crippen LogP contribution in [0.3, 0.4) is 0 Å². The molecule has 0 amide bonds. The van der Waals surface area contributed by atoms with Crippen LogP contribution in [-0.2, 0) is 18.2 Å². The number of ether oxygens (including phenoxy) is 1. The van der Waals surface area contributed by atoms with Crippen LogP contribution in [0.4, 0.5) is 0 Å². The Labute approximate surface area is 98.0 Å². The van der Waals surface area contributed by atoms with E-state index in [0.29, 0.717) is 0 Å². The van der Waals surface area contributed by atoms with Crippen LogP contribution in [0.25, 0.3) is 0 Å². The Bertz CT molecular complexity index is 301. The first kappa shape index (κ1) is 13.2. The summed E-state index contributed by atoms with van der Waals surface area (Å²) in [6, 6.07) is 2.05. The highest BCUT2D eigenvalue weighted by molar-refractivity contribution is 4.98. The summed E-state index contributed by atoms with van der Waals surface area (Å²) < 4.78 is 7.43. The molecular weight excluding hydrogens is 202 g/mol. The maximum absolute atomic E-state index is 5.60. The Kier molecular flexibility index (Phi) is 4.96. The van der Waals surface area contributed by atoms with Crippen LogP contribution in [0, 0.1) is 0 Å². The lowest BCUT2D eigenvalue weighted by Gasteiger charge is -2.19. The topological polar surface area (TPSA) is 39.1 Å². The lowest BCUT2D eigenvalue weighted by Crippen LogP contribution is -2.27. The van der Waals surface area contributed by atoms with Crippen molar-refractivity contribution in [1.82, 2.24) is 15.1 Å². The van der Waals surface area contributed by atoms with E-state index in [2.05, 4.69) is 31.2 Å². The molecule has 1 aromatic rings. The molecular formula is C12H23N3O. The Morgan fingerprint density at radius 3 is 2.69 bits per heavy atom. The van der Waals surface area contributed by atoms with Gasteiger partial charge in [-0.3, -0.25) is 4.68 Å². The Morgan fingerprint density at radius 2 is 2.12 bits per heavy atom. The number of hydrogen-bond acceptors (Lipinski definition) is 3. The summed E-state index contributed by atoms with van der Waals surface area (Å²) in [7, 11) is 1.94. The van der Waals surface area contributed by atoms with Crippen LogP contribution in [0.5, 0.6) is 0 Å². The van der Waals surface area contributed by atoms with Gasteiger partial charge in [-0.15, -0.1) is 0 Å². The van der Waals surface area contributed by atoms with E-state index in [4.69, 9.17) is 4.74 Å². The van der Waals surface area contributed by atoms with Gasteiger partial charge in [0, 0.05) is 32.8 Å². The zero-order valence-corrected chi connectivity index (χ0v) is 10.8. The third kappa shape index (κ3) is 5.88. The standard InChI is InChI=1S/C12H23N3O/c1-12(2,3)16-10-8-13-7-5-11-6-9-15(4)14-11/h6,9,13H,5,7-8,10H2,1-4H3. The summed E-state index contributed by atoms with van der Waals surface area (Å²) in [6.07, 6.45) is 2.94. The Balaban J connectivity index is 2.00. The molecule has 0 saturated heterocycles. The largest absolute Gasteiger partial charge is 0.375 e. The van der Waals surface area contributed by atoms with Crippen molar-refractivity contribution in [1.29, 1.82) is 0 Å². The molecule has 0 bridgehead atoms. The predicted molar refractivity (Wildman–Crippen MR) is 65.5 cm³/mol. The van der Waals surface area contributed by atoms with Crippen molar-refractivity contribution in [2.24, 2.45) is 7.05 Å². The molecule has 0 aliphatic carbocycles. The minimum Gasteiger partial charge on any atom is -0.375 e. The van der Waals surface area contributed by atoms with Crippen LogP contribution in [0.15, 0.2) is 12.3 Å². The van der Waals surface area contributed by atoms with E-state index in [1.807, 2.05) is 24.0 Å². The summed E-state index contributed by atoms with van der Waals surface area (Å²) in [5.74, 6) is 0. The maximum Gasteiger partial charge on any atom is 0.0637 e. The second kappa shape index (κ2) is 6.01. The first-order chi connectivity index (χ1) is 7.47. The molecule has 92 valence electrons. The van der Waals surface area contributed by atoms with Crippen molar-refractivity contribution in [3.8, 4) is 0 Å². The minimum absolute atomic E-state index is 0.0390. The number of nitrogens with one attached hydrogen (secondary N) is 1. The van der Waals surface area contributed by atoms with Crippen molar-refractivity contribution in [3.63, 3.8) is 0 Å². The van der Waals surface area contributed by atoms with Crippen LogP contribution in [0.1, 0.15) is 26.5 Å². The SMILES string of the molecule is Cn1ccc(CCNCCOC(C)(C)C)n1. The van der Waals surface area contributed by atoms with Crippen molar-refractivity contribution < 1.29 is 4.74 Å². The van der Waals surface area contributed by atoms with Crippen molar-refractivity contribution in [2.45, 2.75) is 32.8 Å². The molecule has 0 atom stereocenters. The molecule has 1 heterocycles. The first-order valence-electron chi connectivity index (χ1n) is 5.80. The fraction of sp³-hybridized carbons (Fsp3) is 0.750. The number of nitrogens with zero attached hydrogens (tertiary/aromatic N) is 2. The lowest BCUT2D eigenvalue weighted by atomic mass is 10.2. The molecule has 16 heavy (non-hydrogen) atoms. The van der Waals surface area contributed by atoms with Gasteiger partial charge in [-0.05, 0) is 26.8 Å². The average molecular weight is 225 g/mol. The van der Waals surface area contributed by atoms with Crippen LogP contribution >= 0.6 is 0 Å². The average Bonchev–Trinajstić information content (AvgIpc) is 2.56. The van der Waals surface area contributed by atoms with Gasteiger partial charge in [-0.1, -0.05) is 0 Å². The fourth-order valence-corrected chi connectivity index (χ4v) is 1.37. The predicted octanol–water partition coefficient (Wildman–Crippen LogP) is 1.37. The molecule has 0 spiro atoms. The van der Waals surface area contributed by atoms with E-state index in [0.717, 1.165) is 31.8 Å². The lowest BCUT2D eigenvalue weighted by molar-refractivity contribution is -0.000715. The second-order valence-electron chi connectivity index (χ2n) is 4.94. The zero-order chi connectivity index (χ0) is 12.0. The van der Waals surface area contributed by atoms with Gasteiger partial charge in [-0.25, -0.2) is 0 Å². The van der Waals surface area contributed by atoms with Crippen LogP contribution in [-0.4, -0.2) is 35.1 Å². The first-order valence-corrected chi connectivity index (χ1v) is 5.80. The quantitative estimate of drug-likeness (QED) is 0.743. The summed E-state index contributed by atoms with van der Waals surface area (Å²) in [5.41, 5.74) is 1.09. The maximum atomic E-state index is 5.60. The minimum atomic E-state index is -0.0390. The monoisotopic (exact) mass is 225 g/mol. The van der Waals surface area contributed by atoms with Crippen LogP contribution in [0.2, 0.25) is 0 Å². The molecule has 0 unspecified atom stereocenters. The molecule has 4 nitrogen and oxygen atoms in total. The number of aryl methyl sites for hydroxylation is 1. The molecule has 0 saturated carbocycles. The number of rotatable bonds is 6. The van der Waals surface area contributed by atoms with Gasteiger partial charge >= 0.3 is 0 Å². The summed E-state index contributed by atoms with van der Waals surface area (Å²) in [4.78, 5) is 0. The van der Waals surface area contributed by atoms with Gasteiger partial charge in [0.15, 0.2) is 0 Å². The van der Waals surface area contributed by atoms with Gasteiger partial charge in [0.2, 0.25) is 0 Å². The van der Waals surface area contributed by atoms with Crippen molar-refractivity contribution in [2.75, 3.05) is 19.7 Å².